The molecule has 0 spiro atoms. The van der Waals surface area contributed by atoms with Crippen LogP contribution < -0.4 is 0 Å². The Bertz CT molecular complexity index is 909. The number of carbonyl (C=O) groups is 5. The van der Waals surface area contributed by atoms with E-state index in [0.29, 0.717) is 24.1 Å². The Morgan fingerprint density at radius 3 is 2.19 bits per heavy atom. The molecule has 2 fully saturated rings. The van der Waals surface area contributed by atoms with Gasteiger partial charge < -0.3 is 14.5 Å². The normalized spacial score (nSPS) is 21.6. The maximum Gasteiger partial charge on any atom is 0.355 e. The number of likely N-dealkylation sites (tertiary alicyclic amines) is 1. The van der Waals surface area contributed by atoms with E-state index in [1.54, 1.807) is 20.8 Å². The standard InChI is InChI=1S/C22H28N2O7/c1-5-30-22(29)18-11(2)17(12(3)23-18)16(25)10-31-21(28)13(4)24-19(26)14-8-6-7-9-15(14)20(24)27/h13-15,23H,5-10H2,1-4H3/t13-,14?,15?/m0/s1. The molecule has 31 heavy (non-hydrogen) atoms. The maximum absolute atomic E-state index is 12.7. The second-order valence-electron chi connectivity index (χ2n) is 8.10. The number of imide groups is 1. The van der Waals surface area contributed by atoms with Crippen LogP contribution in [0.4, 0.5) is 0 Å². The van der Waals surface area contributed by atoms with Crippen LogP contribution in [0.2, 0.25) is 0 Å². The number of aryl methyl sites for hydroxylation is 1. The second kappa shape index (κ2) is 9.03. The monoisotopic (exact) mass is 432 g/mol. The van der Waals surface area contributed by atoms with E-state index < -0.39 is 30.4 Å². The van der Waals surface area contributed by atoms with Crippen molar-refractivity contribution < 1.29 is 33.4 Å². The summed E-state index contributed by atoms with van der Waals surface area (Å²) >= 11 is 0. The number of hydrogen-bond acceptors (Lipinski definition) is 7. The van der Waals surface area contributed by atoms with Gasteiger partial charge in [-0.15, -0.1) is 0 Å². The Labute approximate surface area is 180 Å². The van der Waals surface area contributed by atoms with Gasteiger partial charge in [0.25, 0.3) is 0 Å². The van der Waals surface area contributed by atoms with Crippen molar-refractivity contribution in [2.45, 2.75) is 59.4 Å². The van der Waals surface area contributed by atoms with Gasteiger partial charge >= 0.3 is 11.9 Å². The Kier molecular flexibility index (Phi) is 6.62. The van der Waals surface area contributed by atoms with Gasteiger partial charge in [-0.05, 0) is 46.1 Å². The van der Waals surface area contributed by atoms with Gasteiger partial charge in [-0.2, -0.15) is 0 Å². The summed E-state index contributed by atoms with van der Waals surface area (Å²) in [5.74, 6) is -3.25. The van der Waals surface area contributed by atoms with Crippen LogP contribution in [0, 0.1) is 25.7 Å². The van der Waals surface area contributed by atoms with Crippen molar-refractivity contribution in [1.29, 1.82) is 0 Å². The van der Waals surface area contributed by atoms with Gasteiger partial charge in [-0.3, -0.25) is 19.3 Å². The van der Waals surface area contributed by atoms with Gasteiger partial charge in [-0.1, -0.05) is 12.8 Å². The lowest BCUT2D eigenvalue weighted by molar-refractivity contribution is -0.157. The summed E-state index contributed by atoms with van der Waals surface area (Å²) in [7, 11) is 0. The maximum atomic E-state index is 12.7. The Hall–Kier alpha value is -2.97. The molecule has 1 saturated heterocycles. The van der Waals surface area contributed by atoms with E-state index in [4.69, 9.17) is 9.47 Å². The summed E-state index contributed by atoms with van der Waals surface area (Å²) < 4.78 is 10.1. The lowest BCUT2D eigenvalue weighted by Gasteiger charge is -2.21. The van der Waals surface area contributed by atoms with Crippen molar-refractivity contribution in [3.05, 3.63) is 22.5 Å². The molecule has 1 saturated carbocycles. The van der Waals surface area contributed by atoms with Crippen molar-refractivity contribution in [3.63, 3.8) is 0 Å². The van der Waals surface area contributed by atoms with Gasteiger partial charge in [-0.25, -0.2) is 9.59 Å². The van der Waals surface area contributed by atoms with Crippen LogP contribution in [-0.2, 0) is 23.9 Å². The van der Waals surface area contributed by atoms with E-state index in [1.165, 1.54) is 6.92 Å². The Morgan fingerprint density at radius 1 is 1.06 bits per heavy atom. The molecule has 2 unspecified atom stereocenters. The zero-order chi connectivity index (χ0) is 22.9. The van der Waals surface area contributed by atoms with Crippen molar-refractivity contribution in [3.8, 4) is 0 Å². The van der Waals surface area contributed by atoms with E-state index in [0.717, 1.165) is 17.7 Å². The van der Waals surface area contributed by atoms with Gasteiger partial charge in [0.1, 0.15) is 11.7 Å². The molecule has 1 aromatic heterocycles. The second-order valence-corrected chi connectivity index (χ2v) is 8.10. The van der Waals surface area contributed by atoms with Crippen molar-refractivity contribution in [2.75, 3.05) is 13.2 Å². The highest BCUT2D eigenvalue weighted by Crippen LogP contribution is 2.38. The molecule has 1 N–H and O–H groups in total. The van der Waals surface area contributed by atoms with Crippen LogP contribution >= 0.6 is 0 Å². The van der Waals surface area contributed by atoms with Gasteiger partial charge in [0.15, 0.2) is 6.61 Å². The zero-order valence-corrected chi connectivity index (χ0v) is 18.3. The first kappa shape index (κ1) is 22.7. The first-order valence-electron chi connectivity index (χ1n) is 10.6. The number of amides is 2. The lowest BCUT2D eigenvalue weighted by atomic mass is 9.81. The lowest BCUT2D eigenvalue weighted by Crippen LogP contribution is -2.44. The van der Waals surface area contributed by atoms with Crippen LogP contribution in [0.15, 0.2) is 0 Å². The molecule has 1 aromatic rings. The molecule has 0 aromatic carbocycles. The number of fused-ring (bicyclic) bond motifs is 1. The predicted octanol–water partition coefficient (Wildman–Crippen LogP) is 2.10. The minimum absolute atomic E-state index is 0.179. The van der Waals surface area contributed by atoms with Gasteiger partial charge in [0.2, 0.25) is 17.6 Å². The summed E-state index contributed by atoms with van der Waals surface area (Å²) in [5.41, 5.74) is 1.31. The molecule has 9 heteroatoms. The first-order valence-corrected chi connectivity index (χ1v) is 10.6. The number of nitrogens with one attached hydrogen (secondary N) is 1. The number of ether oxygens (including phenoxy) is 2. The zero-order valence-electron chi connectivity index (χ0n) is 18.3. The van der Waals surface area contributed by atoms with Crippen LogP contribution in [0.1, 0.15) is 71.6 Å². The van der Waals surface area contributed by atoms with Crippen molar-refractivity contribution in [2.24, 2.45) is 11.8 Å². The van der Waals surface area contributed by atoms with E-state index in [1.807, 2.05) is 0 Å². The summed E-state index contributed by atoms with van der Waals surface area (Å²) in [6, 6.07) is -1.10. The van der Waals surface area contributed by atoms with E-state index >= 15 is 0 Å². The molecule has 168 valence electrons. The molecule has 3 rings (SSSR count). The predicted molar refractivity (Wildman–Crippen MR) is 108 cm³/mol. The minimum Gasteiger partial charge on any atom is -0.461 e. The third-order valence-corrected chi connectivity index (χ3v) is 6.15. The third kappa shape index (κ3) is 4.13. The summed E-state index contributed by atoms with van der Waals surface area (Å²) in [6.07, 6.45) is 3.09. The Balaban J connectivity index is 1.66. The summed E-state index contributed by atoms with van der Waals surface area (Å²) in [5, 5.41) is 0. The molecule has 0 radical (unpaired) electrons. The highest BCUT2D eigenvalue weighted by Gasteiger charge is 2.51. The smallest absolute Gasteiger partial charge is 0.355 e. The molecule has 9 nitrogen and oxygen atoms in total. The van der Waals surface area contributed by atoms with Gasteiger partial charge in [0, 0.05) is 11.3 Å². The van der Waals surface area contributed by atoms with Crippen LogP contribution in [-0.4, -0.2) is 58.7 Å². The largest absolute Gasteiger partial charge is 0.461 e. The fourth-order valence-electron chi connectivity index (χ4n) is 4.58. The average Bonchev–Trinajstić information content (AvgIpc) is 3.18. The minimum atomic E-state index is -1.10. The summed E-state index contributed by atoms with van der Waals surface area (Å²) in [6.45, 7) is 6.00. The molecule has 2 heterocycles. The average molecular weight is 432 g/mol. The third-order valence-electron chi connectivity index (χ3n) is 6.15. The quantitative estimate of drug-likeness (QED) is 0.398. The SMILES string of the molecule is CCOC(=O)c1[nH]c(C)c(C(=O)COC(=O)[C@H](C)N2C(=O)C3CCCCC3C2=O)c1C. The number of carbonyl (C=O) groups excluding carboxylic acids is 5. The van der Waals surface area contributed by atoms with Crippen molar-refractivity contribution in [1.82, 2.24) is 9.88 Å². The number of rotatable bonds is 7. The molecule has 1 aliphatic carbocycles. The fourth-order valence-corrected chi connectivity index (χ4v) is 4.58. The molecule has 3 atom stereocenters. The van der Waals surface area contributed by atoms with Crippen LogP contribution in [0.3, 0.4) is 0 Å². The Morgan fingerprint density at radius 2 is 1.65 bits per heavy atom. The highest BCUT2D eigenvalue weighted by molar-refractivity contribution is 6.08. The summed E-state index contributed by atoms with van der Waals surface area (Å²) in [4.78, 5) is 66.3. The van der Waals surface area contributed by atoms with Crippen molar-refractivity contribution >= 4 is 29.5 Å². The number of esters is 2. The van der Waals surface area contributed by atoms with Crippen LogP contribution in [0.5, 0.6) is 0 Å². The molecule has 2 amide bonds. The topological polar surface area (TPSA) is 123 Å². The van der Waals surface area contributed by atoms with E-state index in [2.05, 4.69) is 4.98 Å². The molecular formula is C22H28N2O7. The molecule has 2 aliphatic rings. The molecular weight excluding hydrogens is 404 g/mol. The number of Topliss-reactive ketones (excluding diaryl/α,β-unsaturated/α-hetero) is 1. The van der Waals surface area contributed by atoms with E-state index in [9.17, 15) is 24.0 Å². The number of ketones is 1. The molecule has 1 aliphatic heterocycles. The molecule has 0 bridgehead atoms. The number of aromatic amines is 1. The number of nitrogens with zero attached hydrogens (tertiary/aromatic N) is 1. The van der Waals surface area contributed by atoms with Crippen LogP contribution in [0.25, 0.3) is 0 Å². The first-order chi connectivity index (χ1) is 14.7. The van der Waals surface area contributed by atoms with Gasteiger partial charge in [0.05, 0.1) is 18.4 Å². The number of aromatic nitrogens is 1. The number of H-pyrrole nitrogens is 1. The fraction of sp³-hybridized carbons (Fsp3) is 0.591. The highest BCUT2D eigenvalue weighted by atomic mass is 16.5. The van der Waals surface area contributed by atoms with E-state index in [-0.39, 0.29) is 41.5 Å². The number of hydrogen-bond donors (Lipinski definition) is 1.